The van der Waals surface area contributed by atoms with E-state index in [1.54, 1.807) is 18.6 Å². The van der Waals surface area contributed by atoms with E-state index in [-0.39, 0.29) is 5.54 Å². The molecule has 0 fully saturated rings. The van der Waals surface area contributed by atoms with Crippen molar-refractivity contribution in [2.45, 2.75) is 32.9 Å². The van der Waals surface area contributed by atoms with Gasteiger partial charge in [0.15, 0.2) is 5.76 Å². The summed E-state index contributed by atoms with van der Waals surface area (Å²) < 4.78 is 5.30. The lowest BCUT2D eigenvalue weighted by atomic mass is 10.1. The first-order valence-electron chi connectivity index (χ1n) is 5.65. The number of aromatic nitrogens is 2. The zero-order valence-corrected chi connectivity index (χ0v) is 10.4. The van der Waals surface area contributed by atoms with Crippen LogP contribution in [0.2, 0.25) is 0 Å². The Morgan fingerprint density at radius 1 is 1.24 bits per heavy atom. The first-order chi connectivity index (χ1) is 8.06. The maximum absolute atomic E-state index is 5.30. The minimum Gasteiger partial charge on any atom is -0.356 e. The zero-order valence-electron chi connectivity index (χ0n) is 10.4. The molecule has 0 aliphatic carbocycles. The molecule has 0 spiro atoms. The van der Waals surface area contributed by atoms with Gasteiger partial charge in [-0.1, -0.05) is 5.16 Å². The molecule has 0 amide bonds. The van der Waals surface area contributed by atoms with Gasteiger partial charge in [-0.15, -0.1) is 0 Å². The van der Waals surface area contributed by atoms with Crippen LogP contribution < -0.4 is 5.32 Å². The molecule has 0 atom stereocenters. The largest absolute Gasteiger partial charge is 0.356 e. The second kappa shape index (κ2) is 4.67. The summed E-state index contributed by atoms with van der Waals surface area (Å²) in [5, 5.41) is 7.28. The number of pyridine rings is 1. The van der Waals surface area contributed by atoms with Gasteiger partial charge in [0.1, 0.15) is 0 Å². The van der Waals surface area contributed by atoms with Crippen molar-refractivity contribution in [3.8, 4) is 11.3 Å². The fourth-order valence-electron chi connectivity index (χ4n) is 1.49. The predicted octanol–water partition coefficient (Wildman–Crippen LogP) is 2.62. The van der Waals surface area contributed by atoms with Crippen LogP contribution >= 0.6 is 0 Å². The third-order valence-corrected chi connectivity index (χ3v) is 2.40. The van der Waals surface area contributed by atoms with Crippen molar-refractivity contribution in [1.29, 1.82) is 0 Å². The Kier molecular flexibility index (Phi) is 3.24. The van der Waals surface area contributed by atoms with Crippen LogP contribution in [0.3, 0.4) is 0 Å². The molecule has 0 aromatic carbocycles. The van der Waals surface area contributed by atoms with Crippen LogP contribution in [0.25, 0.3) is 11.3 Å². The van der Waals surface area contributed by atoms with Gasteiger partial charge >= 0.3 is 0 Å². The molecule has 0 aliphatic heterocycles. The average molecular weight is 231 g/mol. The highest BCUT2D eigenvalue weighted by molar-refractivity contribution is 5.59. The summed E-state index contributed by atoms with van der Waals surface area (Å²) in [5.74, 6) is 0.809. The van der Waals surface area contributed by atoms with Crippen molar-refractivity contribution in [3.05, 3.63) is 36.3 Å². The lowest BCUT2D eigenvalue weighted by Gasteiger charge is -2.20. The first kappa shape index (κ1) is 11.8. The normalized spacial score (nSPS) is 11.7. The molecule has 2 rings (SSSR count). The molecule has 90 valence electrons. The van der Waals surface area contributed by atoms with Crippen LogP contribution in [0, 0.1) is 0 Å². The van der Waals surface area contributed by atoms with Gasteiger partial charge in [-0.3, -0.25) is 4.98 Å². The molecule has 2 heterocycles. The SMILES string of the molecule is CC(C)(C)NCc1cnoc1-c1ccncc1. The molecule has 0 bridgehead atoms. The van der Waals surface area contributed by atoms with E-state index in [1.807, 2.05) is 12.1 Å². The number of nitrogens with zero attached hydrogens (tertiary/aromatic N) is 2. The van der Waals surface area contributed by atoms with E-state index in [1.165, 1.54) is 0 Å². The molecule has 0 aliphatic rings. The minimum absolute atomic E-state index is 0.0762. The highest BCUT2D eigenvalue weighted by Gasteiger charge is 2.14. The highest BCUT2D eigenvalue weighted by atomic mass is 16.5. The van der Waals surface area contributed by atoms with Crippen molar-refractivity contribution < 1.29 is 4.52 Å². The third kappa shape index (κ3) is 3.14. The standard InChI is InChI=1S/C13H17N3O/c1-13(2,3)15-8-11-9-16-17-12(11)10-4-6-14-7-5-10/h4-7,9,15H,8H2,1-3H3. The van der Waals surface area contributed by atoms with E-state index < -0.39 is 0 Å². The second-order valence-corrected chi connectivity index (χ2v) is 5.02. The fourth-order valence-corrected chi connectivity index (χ4v) is 1.49. The average Bonchev–Trinajstić information content (AvgIpc) is 2.75. The molecule has 0 unspecified atom stereocenters. The summed E-state index contributed by atoms with van der Waals surface area (Å²) in [6.07, 6.45) is 5.26. The predicted molar refractivity (Wildman–Crippen MR) is 66.3 cm³/mol. The highest BCUT2D eigenvalue weighted by Crippen LogP contribution is 2.22. The van der Waals surface area contributed by atoms with Gasteiger partial charge in [-0.2, -0.15) is 0 Å². The van der Waals surface area contributed by atoms with Crippen molar-refractivity contribution >= 4 is 0 Å². The molecular weight excluding hydrogens is 214 g/mol. The van der Waals surface area contributed by atoms with E-state index >= 15 is 0 Å². The lowest BCUT2D eigenvalue weighted by Crippen LogP contribution is -2.35. The van der Waals surface area contributed by atoms with Crippen LogP contribution in [0.5, 0.6) is 0 Å². The maximum atomic E-state index is 5.30. The Balaban J connectivity index is 2.18. The van der Waals surface area contributed by atoms with Crippen LogP contribution in [-0.4, -0.2) is 15.7 Å². The molecule has 2 aromatic heterocycles. The Hall–Kier alpha value is -1.68. The summed E-state index contributed by atoms with van der Waals surface area (Å²) in [5.41, 5.74) is 2.14. The number of hydrogen-bond acceptors (Lipinski definition) is 4. The molecule has 4 heteroatoms. The monoisotopic (exact) mass is 231 g/mol. The molecule has 0 saturated carbocycles. The van der Waals surface area contributed by atoms with Crippen molar-refractivity contribution in [1.82, 2.24) is 15.5 Å². The Labute approximate surface area is 101 Å². The van der Waals surface area contributed by atoms with E-state index in [9.17, 15) is 0 Å². The van der Waals surface area contributed by atoms with Gasteiger partial charge in [-0.25, -0.2) is 0 Å². The number of rotatable bonds is 3. The van der Waals surface area contributed by atoms with E-state index in [4.69, 9.17) is 4.52 Å². The molecule has 4 nitrogen and oxygen atoms in total. The molecule has 1 N–H and O–H groups in total. The topological polar surface area (TPSA) is 51.0 Å². The summed E-state index contributed by atoms with van der Waals surface area (Å²) in [7, 11) is 0. The fraction of sp³-hybridized carbons (Fsp3) is 0.385. The second-order valence-electron chi connectivity index (χ2n) is 5.02. The molecule has 0 radical (unpaired) electrons. The zero-order chi connectivity index (χ0) is 12.3. The number of nitrogens with one attached hydrogen (secondary N) is 1. The quantitative estimate of drug-likeness (QED) is 0.882. The molecule has 17 heavy (non-hydrogen) atoms. The smallest absolute Gasteiger partial charge is 0.171 e. The Morgan fingerprint density at radius 2 is 1.94 bits per heavy atom. The third-order valence-electron chi connectivity index (χ3n) is 2.40. The summed E-state index contributed by atoms with van der Waals surface area (Å²) in [6, 6.07) is 3.84. The molecule has 2 aromatic rings. The van der Waals surface area contributed by atoms with E-state index in [0.29, 0.717) is 0 Å². The summed E-state index contributed by atoms with van der Waals surface area (Å²) >= 11 is 0. The van der Waals surface area contributed by atoms with Crippen LogP contribution in [-0.2, 0) is 6.54 Å². The van der Waals surface area contributed by atoms with Crippen molar-refractivity contribution in [3.63, 3.8) is 0 Å². The Bertz CT molecular complexity index is 471. The Morgan fingerprint density at radius 3 is 2.59 bits per heavy atom. The molecule has 0 saturated heterocycles. The van der Waals surface area contributed by atoms with Crippen molar-refractivity contribution in [2.75, 3.05) is 0 Å². The van der Waals surface area contributed by atoms with Gasteiger partial charge in [0.05, 0.1) is 6.20 Å². The van der Waals surface area contributed by atoms with Gasteiger partial charge in [0.2, 0.25) is 0 Å². The first-order valence-corrected chi connectivity index (χ1v) is 5.65. The van der Waals surface area contributed by atoms with E-state index in [0.717, 1.165) is 23.4 Å². The van der Waals surface area contributed by atoms with Gasteiger partial charge in [0.25, 0.3) is 0 Å². The summed E-state index contributed by atoms with van der Waals surface area (Å²) in [6.45, 7) is 7.14. The minimum atomic E-state index is 0.0762. The molecular formula is C13H17N3O. The maximum Gasteiger partial charge on any atom is 0.171 e. The van der Waals surface area contributed by atoms with Crippen LogP contribution in [0.1, 0.15) is 26.3 Å². The lowest BCUT2D eigenvalue weighted by molar-refractivity contribution is 0.418. The summed E-state index contributed by atoms with van der Waals surface area (Å²) in [4.78, 5) is 3.99. The van der Waals surface area contributed by atoms with Crippen molar-refractivity contribution in [2.24, 2.45) is 0 Å². The van der Waals surface area contributed by atoms with Gasteiger partial charge in [-0.05, 0) is 32.9 Å². The van der Waals surface area contributed by atoms with E-state index in [2.05, 4.69) is 36.2 Å². The van der Waals surface area contributed by atoms with Crippen LogP contribution in [0.4, 0.5) is 0 Å². The van der Waals surface area contributed by atoms with Crippen LogP contribution in [0.15, 0.2) is 35.2 Å². The van der Waals surface area contributed by atoms with Gasteiger partial charge < -0.3 is 9.84 Å². The van der Waals surface area contributed by atoms with Gasteiger partial charge in [0, 0.05) is 35.6 Å². The number of hydrogen-bond donors (Lipinski definition) is 1.